The van der Waals surface area contributed by atoms with E-state index in [1.807, 2.05) is 18.4 Å². The fourth-order valence-corrected chi connectivity index (χ4v) is 7.35. The molecule has 0 atom stereocenters. The Morgan fingerprint density at radius 3 is 1.58 bits per heavy atom. The van der Waals surface area contributed by atoms with Crippen molar-refractivity contribution in [3.8, 4) is 0 Å². The number of benzene rings is 2. The minimum atomic E-state index is -2.52. The number of hydrogen-bond donors (Lipinski definition) is 0. The van der Waals surface area contributed by atoms with Gasteiger partial charge >= 0.3 is 8.32 Å². The Hall–Kier alpha value is -2.32. The fraction of sp³-hybridized carbons (Fsp3) is 0.182. The highest BCUT2D eigenvalue weighted by Crippen LogP contribution is 2.37. The van der Waals surface area contributed by atoms with E-state index in [1.165, 1.54) is 10.4 Å². The molecule has 0 bridgehead atoms. The molecule has 0 aliphatic carbocycles. The van der Waals surface area contributed by atoms with Crippen LogP contribution in [0.4, 0.5) is 0 Å². The molecule has 0 amide bonds. The molecule has 0 heterocycles. The van der Waals surface area contributed by atoms with Crippen molar-refractivity contribution in [1.82, 2.24) is 0 Å². The Morgan fingerprint density at radius 2 is 1.25 bits per heavy atom. The number of allylic oxidation sites excluding steroid dienone is 3. The smallest absolute Gasteiger partial charge is 0.319 e. The molecular weight excluding hydrogens is 308 g/mol. The van der Waals surface area contributed by atoms with Gasteiger partial charge < -0.3 is 4.43 Å². The third-order valence-corrected chi connectivity index (χ3v) is 9.14. The zero-order valence-corrected chi connectivity index (χ0v) is 15.8. The third-order valence-electron chi connectivity index (χ3n) is 4.26. The summed E-state index contributed by atoms with van der Waals surface area (Å²) in [5.41, 5.74) is 0.892. The second-order valence-electron chi connectivity index (χ2n) is 6.81. The van der Waals surface area contributed by atoms with Crippen molar-refractivity contribution in [2.24, 2.45) is 0 Å². The van der Waals surface area contributed by atoms with E-state index >= 15 is 0 Å². The molecule has 0 saturated heterocycles. The maximum Gasteiger partial charge on any atom is 0.319 e. The van der Waals surface area contributed by atoms with Gasteiger partial charge in [0, 0.05) is 5.57 Å². The molecule has 0 aliphatic heterocycles. The van der Waals surface area contributed by atoms with Crippen molar-refractivity contribution >= 4 is 18.7 Å². The van der Waals surface area contributed by atoms with Gasteiger partial charge in [0.15, 0.2) is 0 Å². The average molecular weight is 335 g/mol. The lowest BCUT2D eigenvalue weighted by Gasteiger charge is -2.42. The van der Waals surface area contributed by atoms with Gasteiger partial charge in [-0.05, 0) is 15.4 Å². The molecule has 2 aromatic rings. The molecular formula is C22H26OSi. The first-order valence-corrected chi connectivity index (χ1v) is 10.1. The lowest BCUT2D eigenvalue weighted by Crippen LogP contribution is -2.65. The Labute approximate surface area is 147 Å². The highest BCUT2D eigenvalue weighted by atomic mass is 28.4. The topological polar surface area (TPSA) is 9.23 Å². The van der Waals surface area contributed by atoms with Crippen LogP contribution in [0.15, 0.2) is 97.8 Å². The van der Waals surface area contributed by atoms with Crippen LogP contribution >= 0.6 is 0 Å². The van der Waals surface area contributed by atoms with Crippen LogP contribution < -0.4 is 10.4 Å². The summed E-state index contributed by atoms with van der Waals surface area (Å²) < 4.78 is 6.64. The molecule has 0 fully saturated rings. The molecule has 0 aliphatic rings. The maximum atomic E-state index is 6.64. The van der Waals surface area contributed by atoms with Crippen molar-refractivity contribution in [2.45, 2.75) is 25.8 Å². The SMILES string of the molecule is C=CC(C=C)=CO[Si](c1ccccc1)(c1ccccc1)C(C)(C)C. The Kier molecular flexibility index (Phi) is 5.63. The van der Waals surface area contributed by atoms with Crippen LogP contribution in [0.25, 0.3) is 0 Å². The van der Waals surface area contributed by atoms with Gasteiger partial charge in [-0.1, -0.05) is 107 Å². The lowest BCUT2D eigenvalue weighted by atomic mass is 10.2. The van der Waals surface area contributed by atoms with Crippen LogP contribution in [-0.2, 0) is 4.43 Å². The van der Waals surface area contributed by atoms with Gasteiger partial charge in [0.1, 0.15) is 0 Å². The van der Waals surface area contributed by atoms with E-state index in [4.69, 9.17) is 4.43 Å². The number of hydrogen-bond acceptors (Lipinski definition) is 1. The summed E-state index contributed by atoms with van der Waals surface area (Å²) in [6.45, 7) is 14.4. The van der Waals surface area contributed by atoms with E-state index in [0.29, 0.717) is 0 Å². The van der Waals surface area contributed by atoms with Crippen LogP contribution in [0, 0.1) is 0 Å². The summed E-state index contributed by atoms with van der Waals surface area (Å²) in [6.07, 6.45) is 5.35. The summed E-state index contributed by atoms with van der Waals surface area (Å²) in [6, 6.07) is 21.2. The van der Waals surface area contributed by atoms with Crippen LogP contribution in [0.2, 0.25) is 5.04 Å². The van der Waals surface area contributed by atoms with E-state index in [-0.39, 0.29) is 5.04 Å². The normalized spacial score (nSPS) is 11.5. The molecule has 2 rings (SSSR count). The summed E-state index contributed by atoms with van der Waals surface area (Å²) in [5.74, 6) is 0. The van der Waals surface area contributed by atoms with Crippen LogP contribution in [0.1, 0.15) is 20.8 Å². The minimum absolute atomic E-state index is 0.0420. The van der Waals surface area contributed by atoms with Gasteiger partial charge in [-0.3, -0.25) is 0 Å². The van der Waals surface area contributed by atoms with E-state index in [2.05, 4.69) is 82.5 Å². The molecule has 0 aromatic heterocycles. The molecule has 2 heteroatoms. The largest absolute Gasteiger partial charge is 0.539 e. The molecule has 2 aromatic carbocycles. The molecule has 1 nitrogen and oxygen atoms in total. The predicted octanol–water partition coefficient (Wildman–Crippen LogP) is 4.82. The van der Waals surface area contributed by atoms with E-state index in [0.717, 1.165) is 5.57 Å². The van der Waals surface area contributed by atoms with Crippen LogP contribution in [-0.4, -0.2) is 8.32 Å². The molecule has 24 heavy (non-hydrogen) atoms. The third kappa shape index (κ3) is 3.44. The molecule has 0 spiro atoms. The molecule has 124 valence electrons. The summed E-state index contributed by atoms with van der Waals surface area (Å²) in [4.78, 5) is 0. The second-order valence-corrected chi connectivity index (χ2v) is 11.1. The Balaban J connectivity index is 2.73. The first-order chi connectivity index (χ1) is 11.5. The maximum absolute atomic E-state index is 6.64. The fourth-order valence-electron chi connectivity index (χ4n) is 3.03. The molecule has 0 radical (unpaired) electrons. The minimum Gasteiger partial charge on any atom is -0.539 e. The molecule has 0 unspecified atom stereocenters. The second kappa shape index (κ2) is 7.50. The summed E-state index contributed by atoms with van der Waals surface area (Å²) >= 11 is 0. The van der Waals surface area contributed by atoms with Gasteiger partial charge in [0.25, 0.3) is 0 Å². The van der Waals surface area contributed by atoms with E-state index in [9.17, 15) is 0 Å². The van der Waals surface area contributed by atoms with E-state index < -0.39 is 8.32 Å². The standard InChI is InChI=1S/C22H26OSi/c1-6-19(7-2)18-23-24(22(3,4)5,20-14-10-8-11-15-20)21-16-12-9-13-17-21/h6-18H,1-2H2,3-5H3. The summed E-state index contributed by atoms with van der Waals surface area (Å²) in [5, 5.41) is 2.47. The number of rotatable bonds is 6. The quantitative estimate of drug-likeness (QED) is 0.418. The highest BCUT2D eigenvalue weighted by molar-refractivity contribution is 6.99. The zero-order chi connectivity index (χ0) is 17.6. The predicted molar refractivity (Wildman–Crippen MR) is 107 cm³/mol. The van der Waals surface area contributed by atoms with Gasteiger partial charge in [-0.15, -0.1) is 0 Å². The zero-order valence-electron chi connectivity index (χ0n) is 14.8. The van der Waals surface area contributed by atoms with Gasteiger partial charge in [0.2, 0.25) is 0 Å². The van der Waals surface area contributed by atoms with Crippen LogP contribution in [0.5, 0.6) is 0 Å². The Bertz CT molecular complexity index is 659. The van der Waals surface area contributed by atoms with Crippen molar-refractivity contribution in [3.63, 3.8) is 0 Å². The molecule has 0 saturated carbocycles. The monoisotopic (exact) mass is 334 g/mol. The average Bonchev–Trinajstić information content (AvgIpc) is 2.59. The van der Waals surface area contributed by atoms with Crippen molar-refractivity contribution in [3.05, 3.63) is 97.8 Å². The lowest BCUT2D eigenvalue weighted by molar-refractivity contribution is 0.443. The van der Waals surface area contributed by atoms with Crippen molar-refractivity contribution in [1.29, 1.82) is 0 Å². The van der Waals surface area contributed by atoms with Gasteiger partial charge in [-0.2, -0.15) is 0 Å². The van der Waals surface area contributed by atoms with Gasteiger partial charge in [-0.25, -0.2) is 0 Å². The Morgan fingerprint density at radius 1 is 0.833 bits per heavy atom. The first kappa shape index (κ1) is 18.0. The van der Waals surface area contributed by atoms with Crippen LogP contribution in [0.3, 0.4) is 0 Å². The van der Waals surface area contributed by atoms with Crippen molar-refractivity contribution in [2.75, 3.05) is 0 Å². The van der Waals surface area contributed by atoms with Gasteiger partial charge in [0.05, 0.1) is 6.26 Å². The summed E-state index contributed by atoms with van der Waals surface area (Å²) in [7, 11) is -2.52. The first-order valence-electron chi connectivity index (χ1n) is 8.19. The highest BCUT2D eigenvalue weighted by Gasteiger charge is 2.51. The van der Waals surface area contributed by atoms with E-state index in [1.54, 1.807) is 12.2 Å². The molecule has 0 N–H and O–H groups in total. The van der Waals surface area contributed by atoms with Crippen molar-refractivity contribution < 1.29 is 4.43 Å².